The summed E-state index contributed by atoms with van der Waals surface area (Å²) in [6.07, 6.45) is 0. The lowest BCUT2D eigenvalue weighted by atomic mass is 10.1. The largest absolute Gasteiger partial charge is 0.506 e. The molecule has 0 unspecified atom stereocenters. The normalized spacial score (nSPS) is 10.0. The highest BCUT2D eigenvalue weighted by Gasteiger charge is 2.18. The van der Waals surface area contributed by atoms with Crippen LogP contribution in [0.1, 0.15) is 17.3 Å². The van der Waals surface area contributed by atoms with Gasteiger partial charge in [0.25, 0.3) is 0 Å². The summed E-state index contributed by atoms with van der Waals surface area (Å²) in [7, 11) is 0. The molecule has 1 rings (SSSR count). The Hall–Kier alpha value is -1.42. The van der Waals surface area contributed by atoms with Crippen LogP contribution < -0.4 is 0 Å². The van der Waals surface area contributed by atoms with Crippen LogP contribution >= 0.6 is 11.6 Å². The van der Waals surface area contributed by atoms with Crippen molar-refractivity contribution in [1.29, 1.82) is 0 Å². The van der Waals surface area contributed by atoms with Gasteiger partial charge in [0.2, 0.25) is 0 Å². The fourth-order valence-corrected chi connectivity index (χ4v) is 1.22. The average Bonchev–Trinajstić information content (AvgIpc) is 2.01. The molecule has 70 valence electrons. The lowest BCUT2D eigenvalue weighted by Crippen LogP contribution is -1.94. The first-order valence-corrected chi connectivity index (χ1v) is 3.77. The molecule has 3 N–H and O–H groups in total. The molecule has 0 fully saturated rings. The predicted octanol–water partition coefficient (Wildman–Crippen LogP) is 1.66. The number of hydrogen-bond donors (Lipinski definition) is 3. The van der Waals surface area contributed by atoms with Gasteiger partial charge in [-0.3, -0.25) is 4.79 Å². The van der Waals surface area contributed by atoms with Gasteiger partial charge in [0.1, 0.15) is 5.75 Å². The SMILES string of the molecule is CC(=O)c1c(O)c(O)cc(O)c1Cl. The van der Waals surface area contributed by atoms with Crippen LogP contribution in [0.15, 0.2) is 6.07 Å². The predicted molar refractivity (Wildman–Crippen MR) is 46.5 cm³/mol. The van der Waals surface area contributed by atoms with E-state index in [0.29, 0.717) is 0 Å². The average molecular weight is 203 g/mol. The van der Waals surface area contributed by atoms with E-state index in [1.165, 1.54) is 6.92 Å². The van der Waals surface area contributed by atoms with Gasteiger partial charge in [-0.05, 0) is 6.92 Å². The number of carbonyl (C=O) groups excluding carboxylic acids is 1. The van der Waals surface area contributed by atoms with Crippen LogP contribution in [0, 0.1) is 0 Å². The van der Waals surface area contributed by atoms with Gasteiger partial charge in [0, 0.05) is 6.07 Å². The number of halogens is 1. The van der Waals surface area contributed by atoms with Crippen molar-refractivity contribution >= 4 is 17.4 Å². The summed E-state index contributed by atoms with van der Waals surface area (Å²) in [6.45, 7) is 1.17. The van der Waals surface area contributed by atoms with E-state index in [-0.39, 0.29) is 10.6 Å². The Morgan fingerprint density at radius 2 is 1.85 bits per heavy atom. The number of ketones is 1. The van der Waals surface area contributed by atoms with Crippen LogP contribution in [0.4, 0.5) is 0 Å². The smallest absolute Gasteiger partial charge is 0.170 e. The van der Waals surface area contributed by atoms with Gasteiger partial charge in [0.15, 0.2) is 17.3 Å². The van der Waals surface area contributed by atoms with Crippen molar-refractivity contribution in [2.75, 3.05) is 0 Å². The van der Waals surface area contributed by atoms with Gasteiger partial charge in [-0.2, -0.15) is 0 Å². The molecule has 0 amide bonds. The molecular formula is C8H7ClO4. The molecule has 0 heterocycles. The third kappa shape index (κ3) is 1.53. The van der Waals surface area contributed by atoms with Crippen LogP contribution in [0.2, 0.25) is 5.02 Å². The zero-order valence-electron chi connectivity index (χ0n) is 6.71. The molecule has 0 saturated heterocycles. The zero-order chi connectivity index (χ0) is 10.2. The van der Waals surface area contributed by atoms with Crippen LogP contribution in [-0.4, -0.2) is 21.1 Å². The molecule has 0 atom stereocenters. The van der Waals surface area contributed by atoms with Gasteiger partial charge in [-0.1, -0.05) is 11.6 Å². The Morgan fingerprint density at radius 1 is 1.31 bits per heavy atom. The molecular weight excluding hydrogens is 196 g/mol. The maximum atomic E-state index is 10.9. The van der Waals surface area contributed by atoms with Crippen LogP contribution in [0.5, 0.6) is 17.2 Å². The Bertz CT molecular complexity index is 347. The molecule has 0 aliphatic heterocycles. The molecule has 0 saturated carbocycles. The standard InChI is InChI=1S/C8H7ClO4/c1-3(10)6-7(9)4(11)2-5(12)8(6)13/h2,11-13H,1H3. The topological polar surface area (TPSA) is 77.8 Å². The van der Waals surface area contributed by atoms with Gasteiger partial charge in [-0.25, -0.2) is 0 Å². The second kappa shape index (κ2) is 3.14. The van der Waals surface area contributed by atoms with E-state index in [2.05, 4.69) is 0 Å². The van der Waals surface area contributed by atoms with Crippen molar-refractivity contribution in [2.24, 2.45) is 0 Å². The van der Waals surface area contributed by atoms with Crippen molar-refractivity contribution in [1.82, 2.24) is 0 Å². The van der Waals surface area contributed by atoms with E-state index >= 15 is 0 Å². The monoisotopic (exact) mass is 202 g/mol. The quantitative estimate of drug-likeness (QED) is 0.368. The highest BCUT2D eigenvalue weighted by atomic mass is 35.5. The van der Waals surface area contributed by atoms with Gasteiger partial charge in [0.05, 0.1) is 10.6 Å². The summed E-state index contributed by atoms with van der Waals surface area (Å²) >= 11 is 5.52. The molecule has 0 aliphatic carbocycles. The number of rotatable bonds is 1. The van der Waals surface area contributed by atoms with Crippen molar-refractivity contribution < 1.29 is 20.1 Å². The summed E-state index contributed by atoms with van der Waals surface area (Å²) < 4.78 is 0. The third-order valence-electron chi connectivity index (χ3n) is 1.55. The summed E-state index contributed by atoms with van der Waals surface area (Å²) in [5, 5.41) is 27.1. The minimum Gasteiger partial charge on any atom is -0.506 e. The number of carbonyl (C=O) groups is 1. The van der Waals surface area contributed by atoms with Crippen molar-refractivity contribution in [2.45, 2.75) is 6.92 Å². The molecule has 0 bridgehead atoms. The van der Waals surface area contributed by atoms with Gasteiger partial charge < -0.3 is 15.3 Å². The van der Waals surface area contributed by atoms with E-state index in [1.807, 2.05) is 0 Å². The number of hydrogen-bond acceptors (Lipinski definition) is 4. The summed E-state index contributed by atoms with van der Waals surface area (Å²) in [4.78, 5) is 10.9. The Kier molecular flexibility index (Phi) is 2.34. The van der Waals surface area contributed by atoms with E-state index in [1.54, 1.807) is 0 Å². The van der Waals surface area contributed by atoms with Crippen LogP contribution in [0.25, 0.3) is 0 Å². The maximum Gasteiger partial charge on any atom is 0.170 e. The summed E-state index contributed by atoms with van der Waals surface area (Å²) in [5.74, 6) is -2.17. The molecule has 0 spiro atoms. The Labute approximate surface area is 79.0 Å². The highest BCUT2D eigenvalue weighted by Crippen LogP contribution is 2.40. The van der Waals surface area contributed by atoms with E-state index in [4.69, 9.17) is 21.8 Å². The zero-order valence-corrected chi connectivity index (χ0v) is 7.46. The van der Waals surface area contributed by atoms with Crippen LogP contribution in [0.3, 0.4) is 0 Å². The second-order valence-electron chi connectivity index (χ2n) is 2.51. The molecule has 1 aromatic carbocycles. The van der Waals surface area contributed by atoms with E-state index in [0.717, 1.165) is 6.07 Å². The summed E-state index contributed by atoms with van der Waals surface area (Å²) in [6, 6.07) is 0.865. The molecule has 0 aromatic heterocycles. The first-order valence-electron chi connectivity index (χ1n) is 3.39. The number of benzene rings is 1. The van der Waals surface area contributed by atoms with E-state index < -0.39 is 23.0 Å². The number of Topliss-reactive ketones (excluding diaryl/α,β-unsaturated/α-hetero) is 1. The fourth-order valence-electron chi connectivity index (χ4n) is 0.943. The Balaban J connectivity index is 3.56. The second-order valence-corrected chi connectivity index (χ2v) is 2.89. The number of phenols is 3. The number of phenolic OH excluding ortho intramolecular Hbond substituents is 3. The molecule has 0 aliphatic rings. The fraction of sp³-hybridized carbons (Fsp3) is 0.125. The minimum atomic E-state index is -0.615. The molecule has 1 aromatic rings. The van der Waals surface area contributed by atoms with Gasteiger partial charge in [-0.15, -0.1) is 0 Å². The number of aromatic hydroxyl groups is 3. The van der Waals surface area contributed by atoms with E-state index in [9.17, 15) is 9.90 Å². The lowest BCUT2D eigenvalue weighted by Gasteiger charge is -2.06. The maximum absolute atomic E-state index is 10.9. The highest BCUT2D eigenvalue weighted by molar-refractivity contribution is 6.35. The molecule has 4 nitrogen and oxygen atoms in total. The first kappa shape index (κ1) is 9.67. The van der Waals surface area contributed by atoms with Crippen molar-refractivity contribution in [3.8, 4) is 17.2 Å². The molecule has 5 heteroatoms. The lowest BCUT2D eigenvalue weighted by molar-refractivity contribution is 0.101. The molecule has 0 radical (unpaired) electrons. The van der Waals surface area contributed by atoms with Crippen molar-refractivity contribution in [3.05, 3.63) is 16.7 Å². The Morgan fingerprint density at radius 3 is 2.31 bits per heavy atom. The first-order chi connectivity index (χ1) is 5.95. The molecule has 13 heavy (non-hydrogen) atoms. The van der Waals surface area contributed by atoms with Crippen molar-refractivity contribution in [3.63, 3.8) is 0 Å². The third-order valence-corrected chi connectivity index (χ3v) is 1.93. The van der Waals surface area contributed by atoms with Crippen LogP contribution in [-0.2, 0) is 0 Å². The minimum absolute atomic E-state index is 0.261. The summed E-state index contributed by atoms with van der Waals surface area (Å²) in [5.41, 5.74) is -0.279. The van der Waals surface area contributed by atoms with Gasteiger partial charge >= 0.3 is 0 Å².